The standard InChI is InChI=1S/C21H29N3O3/c1-23-11-10-22-20(23)21(25)15-6-4-7-16(21)13-24(12-15)14-17-18(26-2)8-5-9-19(17)27-3/h5,8-11,15-16,25H,4,6-7,12-14H2,1-3H3/t15-,16+,21?. The van der Waals surface area contributed by atoms with Crippen LogP contribution in [0.5, 0.6) is 11.5 Å². The van der Waals surface area contributed by atoms with Gasteiger partial charge in [-0.2, -0.15) is 0 Å². The van der Waals surface area contributed by atoms with E-state index in [0.29, 0.717) is 0 Å². The van der Waals surface area contributed by atoms with Crippen LogP contribution in [0.15, 0.2) is 30.6 Å². The molecule has 1 unspecified atom stereocenters. The number of ether oxygens (including phenoxy) is 2. The maximum absolute atomic E-state index is 11.7. The van der Waals surface area contributed by atoms with Crippen molar-refractivity contribution in [2.45, 2.75) is 31.4 Å². The molecule has 1 aromatic carbocycles. The van der Waals surface area contributed by atoms with E-state index in [1.807, 2.05) is 36.0 Å². The molecular weight excluding hydrogens is 342 g/mol. The number of methoxy groups -OCH3 is 2. The second-order valence-electron chi connectivity index (χ2n) is 7.85. The van der Waals surface area contributed by atoms with Crippen molar-refractivity contribution >= 4 is 0 Å². The number of likely N-dealkylation sites (tertiary alicyclic amines) is 1. The summed E-state index contributed by atoms with van der Waals surface area (Å²) in [4.78, 5) is 6.95. The van der Waals surface area contributed by atoms with E-state index in [1.165, 1.54) is 6.42 Å². The number of aryl methyl sites for hydroxylation is 1. The van der Waals surface area contributed by atoms with Crippen LogP contribution >= 0.6 is 0 Å². The molecule has 3 atom stereocenters. The normalized spacial score (nSPS) is 28.1. The van der Waals surface area contributed by atoms with Gasteiger partial charge in [0, 0.05) is 50.9 Å². The number of nitrogens with zero attached hydrogens (tertiary/aromatic N) is 3. The molecule has 1 N–H and O–H groups in total. The Hall–Kier alpha value is -2.05. The molecule has 4 rings (SSSR count). The van der Waals surface area contributed by atoms with Gasteiger partial charge in [-0.05, 0) is 25.0 Å². The van der Waals surface area contributed by atoms with E-state index in [1.54, 1.807) is 20.4 Å². The first-order valence-electron chi connectivity index (χ1n) is 9.70. The quantitative estimate of drug-likeness (QED) is 0.875. The Morgan fingerprint density at radius 3 is 2.30 bits per heavy atom. The molecule has 1 aliphatic heterocycles. The zero-order valence-electron chi connectivity index (χ0n) is 16.4. The molecule has 146 valence electrons. The molecule has 1 saturated heterocycles. The molecule has 0 amide bonds. The van der Waals surface area contributed by atoms with Gasteiger partial charge < -0.3 is 19.1 Å². The first-order chi connectivity index (χ1) is 13.1. The minimum absolute atomic E-state index is 0.187. The Bertz CT molecular complexity index is 767. The third-order valence-electron chi connectivity index (χ3n) is 6.40. The summed E-state index contributed by atoms with van der Waals surface area (Å²) in [5.41, 5.74) is 0.237. The van der Waals surface area contributed by atoms with E-state index < -0.39 is 5.60 Å². The number of hydrogen-bond donors (Lipinski definition) is 1. The summed E-state index contributed by atoms with van der Waals surface area (Å²) in [5.74, 6) is 2.89. The van der Waals surface area contributed by atoms with Gasteiger partial charge in [0.25, 0.3) is 0 Å². The van der Waals surface area contributed by atoms with Crippen LogP contribution in [0.3, 0.4) is 0 Å². The van der Waals surface area contributed by atoms with E-state index in [9.17, 15) is 5.11 Å². The molecule has 1 saturated carbocycles. The van der Waals surface area contributed by atoms with Gasteiger partial charge in [-0.25, -0.2) is 4.98 Å². The van der Waals surface area contributed by atoms with Crippen molar-refractivity contribution in [3.05, 3.63) is 42.0 Å². The molecule has 1 aromatic heterocycles. The van der Waals surface area contributed by atoms with Gasteiger partial charge in [0.05, 0.1) is 19.8 Å². The molecule has 2 bridgehead atoms. The Kier molecular flexibility index (Phi) is 4.86. The van der Waals surface area contributed by atoms with Crippen LogP contribution in [0.25, 0.3) is 0 Å². The Balaban J connectivity index is 1.61. The lowest BCUT2D eigenvalue weighted by atomic mass is 9.65. The summed E-state index contributed by atoms with van der Waals surface area (Å²) in [7, 11) is 5.37. The maximum Gasteiger partial charge on any atom is 0.141 e. The molecule has 1 aliphatic carbocycles. The van der Waals surface area contributed by atoms with Gasteiger partial charge in [0.2, 0.25) is 0 Å². The van der Waals surface area contributed by atoms with E-state index in [-0.39, 0.29) is 11.8 Å². The molecule has 6 heteroatoms. The van der Waals surface area contributed by atoms with Crippen LogP contribution in [0.1, 0.15) is 30.7 Å². The first kappa shape index (κ1) is 18.3. The highest BCUT2D eigenvalue weighted by atomic mass is 16.5. The van der Waals surface area contributed by atoms with Crippen LogP contribution < -0.4 is 9.47 Å². The topological polar surface area (TPSA) is 59.8 Å². The molecule has 0 spiro atoms. The largest absolute Gasteiger partial charge is 0.496 e. The van der Waals surface area contributed by atoms with E-state index in [2.05, 4.69) is 9.88 Å². The van der Waals surface area contributed by atoms with Gasteiger partial charge >= 0.3 is 0 Å². The fourth-order valence-corrected chi connectivity index (χ4v) is 5.10. The third kappa shape index (κ3) is 3.01. The lowest BCUT2D eigenvalue weighted by Gasteiger charge is -2.52. The zero-order valence-corrected chi connectivity index (χ0v) is 16.4. The fraction of sp³-hybridized carbons (Fsp3) is 0.571. The van der Waals surface area contributed by atoms with Crippen LogP contribution in [0.4, 0.5) is 0 Å². The predicted octanol–water partition coefficient (Wildman–Crippen LogP) is 2.56. The lowest BCUT2D eigenvalue weighted by Crippen LogP contribution is -2.58. The molecular formula is C21H29N3O3. The van der Waals surface area contributed by atoms with Crippen molar-refractivity contribution in [1.82, 2.24) is 14.5 Å². The summed E-state index contributed by atoms with van der Waals surface area (Å²) in [6, 6.07) is 5.91. The van der Waals surface area contributed by atoms with Gasteiger partial charge in [0.1, 0.15) is 22.9 Å². The molecule has 2 fully saturated rings. The van der Waals surface area contributed by atoms with Crippen molar-refractivity contribution in [3.8, 4) is 11.5 Å². The SMILES string of the molecule is COc1cccc(OC)c1CN1C[C@H]2CCC[C@@H](C1)C2(O)c1nccn1C. The van der Waals surface area contributed by atoms with Crippen molar-refractivity contribution in [2.24, 2.45) is 18.9 Å². The van der Waals surface area contributed by atoms with E-state index >= 15 is 0 Å². The maximum atomic E-state index is 11.7. The second-order valence-corrected chi connectivity index (χ2v) is 7.85. The smallest absolute Gasteiger partial charge is 0.141 e. The molecule has 2 heterocycles. The second kappa shape index (κ2) is 7.17. The summed E-state index contributed by atoms with van der Waals surface area (Å²) < 4.78 is 13.1. The summed E-state index contributed by atoms with van der Waals surface area (Å²) in [6.45, 7) is 2.46. The number of imidazole rings is 1. The van der Waals surface area contributed by atoms with Crippen LogP contribution in [-0.2, 0) is 19.2 Å². The number of aliphatic hydroxyl groups is 1. The first-order valence-corrected chi connectivity index (χ1v) is 9.70. The molecule has 6 nitrogen and oxygen atoms in total. The average molecular weight is 371 g/mol. The number of piperidine rings is 1. The van der Waals surface area contributed by atoms with Crippen molar-refractivity contribution < 1.29 is 14.6 Å². The number of fused-ring (bicyclic) bond motifs is 2. The molecule has 0 radical (unpaired) electrons. The van der Waals surface area contributed by atoms with Crippen LogP contribution in [0, 0.1) is 11.8 Å². The lowest BCUT2D eigenvalue weighted by molar-refractivity contribution is -0.155. The minimum atomic E-state index is -0.835. The fourth-order valence-electron chi connectivity index (χ4n) is 5.10. The summed E-state index contributed by atoms with van der Waals surface area (Å²) in [6.07, 6.45) is 6.94. The van der Waals surface area contributed by atoms with Gasteiger partial charge in [0.15, 0.2) is 0 Å². The van der Waals surface area contributed by atoms with E-state index in [4.69, 9.17) is 9.47 Å². The number of aromatic nitrogens is 2. The van der Waals surface area contributed by atoms with E-state index in [0.717, 1.165) is 55.4 Å². The average Bonchev–Trinajstić information content (AvgIpc) is 3.09. The van der Waals surface area contributed by atoms with Gasteiger partial charge in [-0.1, -0.05) is 12.5 Å². The number of rotatable bonds is 5. The van der Waals surface area contributed by atoms with Crippen LogP contribution in [0.2, 0.25) is 0 Å². The van der Waals surface area contributed by atoms with Gasteiger partial charge in [-0.3, -0.25) is 4.90 Å². The van der Waals surface area contributed by atoms with Crippen molar-refractivity contribution in [1.29, 1.82) is 0 Å². The Morgan fingerprint density at radius 1 is 1.15 bits per heavy atom. The Labute approximate surface area is 160 Å². The van der Waals surface area contributed by atoms with Crippen LogP contribution in [-0.4, -0.2) is 46.9 Å². The minimum Gasteiger partial charge on any atom is -0.496 e. The summed E-state index contributed by atoms with van der Waals surface area (Å²) in [5, 5.41) is 11.7. The highest BCUT2D eigenvalue weighted by molar-refractivity contribution is 5.44. The molecule has 2 aliphatic rings. The predicted molar refractivity (Wildman–Crippen MR) is 103 cm³/mol. The molecule has 27 heavy (non-hydrogen) atoms. The third-order valence-corrected chi connectivity index (χ3v) is 6.40. The number of hydrogen-bond acceptors (Lipinski definition) is 5. The Morgan fingerprint density at radius 2 is 1.78 bits per heavy atom. The van der Waals surface area contributed by atoms with Crippen molar-refractivity contribution in [2.75, 3.05) is 27.3 Å². The van der Waals surface area contributed by atoms with Gasteiger partial charge in [-0.15, -0.1) is 0 Å². The highest BCUT2D eigenvalue weighted by Gasteiger charge is 2.53. The summed E-state index contributed by atoms with van der Waals surface area (Å²) >= 11 is 0. The monoisotopic (exact) mass is 371 g/mol. The van der Waals surface area contributed by atoms with Crippen molar-refractivity contribution in [3.63, 3.8) is 0 Å². The molecule has 2 aromatic rings. The zero-order chi connectivity index (χ0) is 19.0. The highest BCUT2D eigenvalue weighted by Crippen LogP contribution is 2.49. The number of benzene rings is 1.